The summed E-state index contributed by atoms with van der Waals surface area (Å²) in [6, 6.07) is 18.4. The lowest BCUT2D eigenvalue weighted by molar-refractivity contribution is -0.0607. The van der Waals surface area contributed by atoms with Crippen LogP contribution in [-0.4, -0.2) is 16.9 Å². The highest BCUT2D eigenvalue weighted by atomic mass is 19.4. The van der Waals surface area contributed by atoms with Crippen LogP contribution in [0.5, 0.6) is 0 Å². The number of benzene rings is 2. The number of para-hydroxylation sites is 1. The number of fused-ring (bicyclic) bond motifs is 1. The Morgan fingerprint density at radius 1 is 1.11 bits per heavy atom. The molecule has 3 aromatic rings. The first kappa shape index (κ1) is 18.4. The van der Waals surface area contributed by atoms with E-state index in [1.165, 1.54) is 12.1 Å². The summed E-state index contributed by atoms with van der Waals surface area (Å²) in [6.07, 6.45) is -4.77. The third kappa shape index (κ3) is 4.06. The van der Waals surface area contributed by atoms with E-state index in [9.17, 15) is 18.4 Å². The van der Waals surface area contributed by atoms with E-state index >= 15 is 0 Å². The van der Waals surface area contributed by atoms with Gasteiger partial charge >= 0.3 is 6.18 Å². The first-order chi connectivity index (χ1) is 12.9. The molecule has 3 rings (SSSR count). The van der Waals surface area contributed by atoms with Crippen molar-refractivity contribution in [2.24, 2.45) is 5.10 Å². The van der Waals surface area contributed by atoms with Gasteiger partial charge in [-0.15, -0.1) is 0 Å². The summed E-state index contributed by atoms with van der Waals surface area (Å²) in [7, 11) is 0. The summed E-state index contributed by atoms with van der Waals surface area (Å²) in [6.45, 7) is 1.84. The van der Waals surface area contributed by atoms with E-state index in [1.807, 2.05) is 19.1 Å². The molecule has 0 bridgehead atoms. The molecule has 1 heterocycles. The second kappa shape index (κ2) is 7.46. The standard InChI is InChI=1S/C20H15F3N4/c1-13-11-18(25-17-10-6-5-9-15(13)17)26-27-19(20(21,22)23)16(12-24)14-7-3-2-4-8-14/h2-11,16H,1H3,(H,25,26)/b27-19+. The van der Waals surface area contributed by atoms with Crippen LogP contribution in [0.25, 0.3) is 10.9 Å². The summed E-state index contributed by atoms with van der Waals surface area (Å²) in [5.74, 6) is -1.36. The average molecular weight is 368 g/mol. The number of halogens is 3. The first-order valence-corrected chi connectivity index (χ1v) is 8.12. The summed E-state index contributed by atoms with van der Waals surface area (Å²) in [4.78, 5) is 4.28. The van der Waals surface area contributed by atoms with E-state index < -0.39 is 17.8 Å². The van der Waals surface area contributed by atoms with E-state index in [0.717, 1.165) is 10.9 Å². The molecule has 0 saturated heterocycles. The highest BCUT2D eigenvalue weighted by Gasteiger charge is 2.42. The van der Waals surface area contributed by atoms with E-state index in [-0.39, 0.29) is 11.4 Å². The maximum Gasteiger partial charge on any atom is 0.432 e. The molecule has 1 aromatic heterocycles. The van der Waals surface area contributed by atoms with E-state index in [4.69, 9.17) is 0 Å². The summed E-state index contributed by atoms with van der Waals surface area (Å²) >= 11 is 0. The maximum atomic E-state index is 13.5. The largest absolute Gasteiger partial charge is 0.432 e. The summed E-state index contributed by atoms with van der Waals surface area (Å²) in [5, 5.41) is 13.7. The van der Waals surface area contributed by atoms with Crippen molar-refractivity contribution in [3.8, 4) is 6.07 Å². The van der Waals surface area contributed by atoms with Gasteiger partial charge in [-0.25, -0.2) is 4.98 Å². The second-order valence-electron chi connectivity index (χ2n) is 5.92. The van der Waals surface area contributed by atoms with E-state index in [2.05, 4.69) is 15.5 Å². The van der Waals surface area contributed by atoms with Crippen LogP contribution in [0.1, 0.15) is 17.0 Å². The van der Waals surface area contributed by atoms with Gasteiger partial charge < -0.3 is 0 Å². The number of aryl methyl sites for hydroxylation is 1. The lowest BCUT2D eigenvalue weighted by Gasteiger charge is -2.16. The molecule has 27 heavy (non-hydrogen) atoms. The Morgan fingerprint density at radius 3 is 2.44 bits per heavy atom. The molecule has 0 aliphatic carbocycles. The topological polar surface area (TPSA) is 61.1 Å². The minimum Gasteiger partial charge on any atom is -0.261 e. The van der Waals surface area contributed by atoms with Crippen molar-refractivity contribution < 1.29 is 13.2 Å². The quantitative estimate of drug-likeness (QED) is 0.510. The molecule has 1 N–H and O–H groups in total. The van der Waals surface area contributed by atoms with Crippen molar-refractivity contribution in [3.63, 3.8) is 0 Å². The molecule has 7 heteroatoms. The first-order valence-electron chi connectivity index (χ1n) is 8.12. The molecule has 4 nitrogen and oxygen atoms in total. The Balaban J connectivity index is 1.99. The van der Waals surface area contributed by atoms with Crippen molar-refractivity contribution in [1.29, 1.82) is 5.26 Å². The summed E-state index contributed by atoms with van der Waals surface area (Å²) in [5.41, 5.74) is 2.87. The van der Waals surface area contributed by atoms with Crippen molar-refractivity contribution in [1.82, 2.24) is 4.98 Å². The molecule has 136 valence electrons. The van der Waals surface area contributed by atoms with Gasteiger partial charge in [-0.3, -0.25) is 5.43 Å². The number of alkyl halides is 3. The number of nitrogens with zero attached hydrogens (tertiary/aromatic N) is 3. The Labute approximate surface area is 154 Å². The number of anilines is 1. The van der Waals surface area contributed by atoms with E-state index in [1.54, 1.807) is 42.5 Å². The fourth-order valence-corrected chi connectivity index (χ4v) is 2.75. The van der Waals surface area contributed by atoms with Crippen LogP contribution >= 0.6 is 0 Å². The molecule has 1 unspecified atom stereocenters. The van der Waals surface area contributed by atoms with Gasteiger partial charge in [0.2, 0.25) is 0 Å². The molecular weight excluding hydrogens is 353 g/mol. The van der Waals surface area contributed by atoms with Crippen molar-refractivity contribution in [2.75, 3.05) is 5.43 Å². The van der Waals surface area contributed by atoms with Crippen molar-refractivity contribution >= 4 is 22.4 Å². The van der Waals surface area contributed by atoms with Gasteiger partial charge in [0.05, 0.1) is 11.6 Å². The second-order valence-corrected chi connectivity index (χ2v) is 5.92. The minimum absolute atomic E-state index is 0.178. The monoisotopic (exact) mass is 368 g/mol. The third-order valence-electron chi connectivity index (χ3n) is 4.04. The number of rotatable bonds is 4. The van der Waals surface area contributed by atoms with Gasteiger partial charge in [-0.1, -0.05) is 48.5 Å². The number of pyridine rings is 1. The number of hydrogen-bond donors (Lipinski definition) is 1. The van der Waals surface area contributed by atoms with Crippen molar-refractivity contribution in [2.45, 2.75) is 19.0 Å². The highest BCUT2D eigenvalue weighted by molar-refractivity contribution is 5.98. The molecule has 2 aromatic carbocycles. The number of nitrogens with one attached hydrogen (secondary N) is 1. The van der Waals surface area contributed by atoms with Crippen LogP contribution in [0.3, 0.4) is 0 Å². The predicted molar refractivity (Wildman–Crippen MR) is 98.4 cm³/mol. The zero-order chi connectivity index (χ0) is 19.4. The SMILES string of the molecule is Cc1cc(N/N=C(\C(C#N)c2ccccc2)C(F)(F)F)nc2ccccc12. The van der Waals surface area contributed by atoms with Gasteiger partial charge in [0.15, 0.2) is 5.71 Å². The molecule has 0 fully saturated rings. The smallest absolute Gasteiger partial charge is 0.261 e. The van der Waals surface area contributed by atoms with Gasteiger partial charge in [0, 0.05) is 5.39 Å². The lowest BCUT2D eigenvalue weighted by Crippen LogP contribution is -2.30. The van der Waals surface area contributed by atoms with Crippen molar-refractivity contribution in [3.05, 3.63) is 71.8 Å². The minimum atomic E-state index is -4.77. The maximum absolute atomic E-state index is 13.5. The van der Waals surface area contributed by atoms with Gasteiger partial charge in [0.25, 0.3) is 0 Å². The van der Waals surface area contributed by atoms with Gasteiger partial charge in [0.1, 0.15) is 11.7 Å². The van der Waals surface area contributed by atoms with Crippen LogP contribution in [0.4, 0.5) is 19.0 Å². The predicted octanol–water partition coefficient (Wildman–Crippen LogP) is 5.18. The molecule has 1 atom stereocenters. The van der Waals surface area contributed by atoms with Crippen LogP contribution in [0, 0.1) is 18.3 Å². The Hall–Kier alpha value is -3.40. The molecule has 0 aliphatic rings. The zero-order valence-corrected chi connectivity index (χ0v) is 14.3. The molecule has 0 saturated carbocycles. The van der Waals surface area contributed by atoms with Crippen LogP contribution < -0.4 is 5.43 Å². The highest BCUT2D eigenvalue weighted by Crippen LogP contribution is 2.29. The zero-order valence-electron chi connectivity index (χ0n) is 14.3. The number of aromatic nitrogens is 1. The average Bonchev–Trinajstić information content (AvgIpc) is 2.65. The molecule has 0 spiro atoms. The number of hydrogen-bond acceptors (Lipinski definition) is 4. The fourth-order valence-electron chi connectivity index (χ4n) is 2.75. The van der Waals surface area contributed by atoms with Crippen LogP contribution in [0.15, 0.2) is 65.8 Å². The molecule has 0 radical (unpaired) electrons. The van der Waals surface area contributed by atoms with Crippen LogP contribution in [-0.2, 0) is 0 Å². The van der Waals surface area contributed by atoms with Gasteiger partial charge in [-0.05, 0) is 30.2 Å². The van der Waals surface area contributed by atoms with Crippen LogP contribution in [0.2, 0.25) is 0 Å². The van der Waals surface area contributed by atoms with E-state index in [0.29, 0.717) is 5.52 Å². The molecular formula is C20H15F3N4. The molecule has 0 amide bonds. The third-order valence-corrected chi connectivity index (χ3v) is 4.04. The Bertz CT molecular complexity index is 1020. The number of hydrazone groups is 1. The normalized spacial score (nSPS) is 13.2. The Morgan fingerprint density at radius 2 is 1.78 bits per heavy atom. The number of nitriles is 1. The molecule has 0 aliphatic heterocycles. The lowest BCUT2D eigenvalue weighted by atomic mass is 9.95. The summed E-state index contributed by atoms with van der Waals surface area (Å²) < 4.78 is 40.6. The fraction of sp³-hybridized carbons (Fsp3) is 0.150. The van der Waals surface area contributed by atoms with Gasteiger partial charge in [-0.2, -0.15) is 23.5 Å². The Kier molecular flexibility index (Phi) is 5.08.